The van der Waals surface area contributed by atoms with E-state index in [2.05, 4.69) is 20.6 Å². The number of halogens is 1. The van der Waals surface area contributed by atoms with Crippen molar-refractivity contribution in [2.24, 2.45) is 0 Å². The topological polar surface area (TPSA) is 102 Å². The van der Waals surface area contributed by atoms with Gasteiger partial charge in [-0.2, -0.15) is 0 Å². The molecule has 0 saturated heterocycles. The number of nitrogens with zero attached hydrogens (tertiary/aromatic N) is 2. The molecule has 1 fully saturated rings. The Labute approximate surface area is 158 Å². The number of carbonyl (C=O) groups excluding carboxylic acids is 2. The molecule has 0 bridgehead atoms. The summed E-state index contributed by atoms with van der Waals surface area (Å²) >= 11 is 0. The third kappa shape index (κ3) is 7.36. The zero-order chi connectivity index (χ0) is 20.0. The number of hydrogen-bond donors (Lipinski definition) is 2. The number of rotatable bonds is 5. The molecule has 8 nitrogen and oxygen atoms in total. The zero-order valence-corrected chi connectivity index (χ0v) is 16.1. The number of carbonyl (C=O) groups is 2. The van der Waals surface area contributed by atoms with E-state index in [1.807, 2.05) is 0 Å². The molecule has 1 saturated carbocycles. The fourth-order valence-corrected chi connectivity index (χ4v) is 2.71. The monoisotopic (exact) mass is 382 g/mol. The van der Waals surface area contributed by atoms with Crippen LogP contribution in [0.5, 0.6) is 6.01 Å². The van der Waals surface area contributed by atoms with Gasteiger partial charge < -0.3 is 20.1 Å². The molecular formula is C18H27FN4O4. The number of amides is 2. The van der Waals surface area contributed by atoms with Crippen LogP contribution in [0.25, 0.3) is 0 Å². The van der Waals surface area contributed by atoms with Gasteiger partial charge in [-0.3, -0.25) is 4.79 Å². The zero-order valence-electron chi connectivity index (χ0n) is 16.1. The van der Waals surface area contributed by atoms with Crippen molar-refractivity contribution in [3.05, 3.63) is 18.2 Å². The minimum Gasteiger partial charge on any atom is -0.460 e. The van der Waals surface area contributed by atoms with E-state index in [0.29, 0.717) is 0 Å². The molecular weight excluding hydrogens is 355 g/mol. The van der Waals surface area contributed by atoms with Gasteiger partial charge >= 0.3 is 12.1 Å². The van der Waals surface area contributed by atoms with Gasteiger partial charge in [-0.1, -0.05) is 0 Å². The van der Waals surface area contributed by atoms with E-state index in [0.717, 1.165) is 38.1 Å². The predicted molar refractivity (Wildman–Crippen MR) is 95.6 cm³/mol. The summed E-state index contributed by atoms with van der Waals surface area (Å²) in [6, 6.07) is -0.533. The first-order valence-corrected chi connectivity index (χ1v) is 9.06. The molecule has 2 amide bonds. The minimum absolute atomic E-state index is 0.00868. The SMILES string of the molecule is CC(NC(=O)OC(C)(C)C)C(=O)NC1CCC(Oc2ncc(F)cn2)CC1. The average molecular weight is 382 g/mol. The second-order valence-electron chi connectivity index (χ2n) is 7.65. The van der Waals surface area contributed by atoms with Crippen LogP contribution in [0.4, 0.5) is 9.18 Å². The molecule has 1 heterocycles. The summed E-state index contributed by atoms with van der Waals surface area (Å²) in [7, 11) is 0. The van der Waals surface area contributed by atoms with Crippen LogP contribution in [0, 0.1) is 5.82 Å². The highest BCUT2D eigenvalue weighted by Gasteiger charge is 2.27. The number of nitrogens with one attached hydrogen (secondary N) is 2. The maximum absolute atomic E-state index is 12.8. The normalized spacial score (nSPS) is 21.1. The van der Waals surface area contributed by atoms with E-state index in [9.17, 15) is 14.0 Å². The highest BCUT2D eigenvalue weighted by molar-refractivity contribution is 5.85. The highest BCUT2D eigenvalue weighted by atomic mass is 19.1. The van der Waals surface area contributed by atoms with Crippen LogP contribution in [0.1, 0.15) is 53.4 Å². The minimum atomic E-state index is -0.693. The molecule has 0 spiro atoms. The fraction of sp³-hybridized carbons (Fsp3) is 0.667. The van der Waals surface area contributed by atoms with E-state index in [4.69, 9.17) is 9.47 Å². The Morgan fingerprint density at radius 2 is 1.78 bits per heavy atom. The fourth-order valence-electron chi connectivity index (χ4n) is 2.71. The standard InChI is InChI=1S/C18H27FN4O4/c1-11(22-17(25)27-18(2,3)4)15(24)23-13-5-7-14(8-6-13)26-16-20-9-12(19)10-21-16/h9-11,13-14H,5-8H2,1-4H3,(H,22,25)(H,23,24). The van der Waals surface area contributed by atoms with Crippen LogP contribution < -0.4 is 15.4 Å². The van der Waals surface area contributed by atoms with Crippen LogP contribution >= 0.6 is 0 Å². The van der Waals surface area contributed by atoms with Crippen LogP contribution in [0.2, 0.25) is 0 Å². The van der Waals surface area contributed by atoms with Crippen LogP contribution in [0.15, 0.2) is 12.4 Å². The average Bonchev–Trinajstić information content (AvgIpc) is 2.57. The summed E-state index contributed by atoms with van der Waals surface area (Å²) < 4.78 is 23.6. The van der Waals surface area contributed by atoms with E-state index in [-0.39, 0.29) is 24.1 Å². The van der Waals surface area contributed by atoms with Gasteiger partial charge in [0, 0.05) is 6.04 Å². The lowest BCUT2D eigenvalue weighted by Crippen LogP contribution is -2.50. The van der Waals surface area contributed by atoms with Crippen LogP contribution in [0.3, 0.4) is 0 Å². The molecule has 0 radical (unpaired) electrons. The maximum Gasteiger partial charge on any atom is 0.408 e. The summed E-state index contributed by atoms with van der Waals surface area (Å²) in [5, 5.41) is 5.46. The Hall–Kier alpha value is -2.45. The first-order valence-electron chi connectivity index (χ1n) is 9.06. The van der Waals surface area contributed by atoms with Crippen molar-refractivity contribution in [1.29, 1.82) is 0 Å². The third-order valence-electron chi connectivity index (χ3n) is 4.02. The summed E-state index contributed by atoms with van der Waals surface area (Å²) in [5.41, 5.74) is -0.618. The lowest BCUT2D eigenvalue weighted by molar-refractivity contribution is -0.123. The maximum atomic E-state index is 12.8. The first-order chi connectivity index (χ1) is 12.6. The lowest BCUT2D eigenvalue weighted by atomic mass is 9.93. The van der Waals surface area contributed by atoms with Gasteiger partial charge in [0.25, 0.3) is 0 Å². The molecule has 2 rings (SSSR count). The van der Waals surface area contributed by atoms with Crippen molar-refractivity contribution >= 4 is 12.0 Å². The molecule has 150 valence electrons. The molecule has 0 aliphatic heterocycles. The Balaban J connectivity index is 1.72. The van der Waals surface area contributed by atoms with E-state index in [1.165, 1.54) is 0 Å². The van der Waals surface area contributed by atoms with Gasteiger partial charge in [-0.15, -0.1) is 0 Å². The van der Waals surface area contributed by atoms with E-state index >= 15 is 0 Å². The van der Waals surface area contributed by atoms with Gasteiger partial charge in [-0.25, -0.2) is 19.2 Å². The number of hydrogen-bond acceptors (Lipinski definition) is 6. The van der Waals surface area contributed by atoms with E-state index < -0.39 is 23.6 Å². The third-order valence-corrected chi connectivity index (χ3v) is 4.02. The van der Waals surface area contributed by atoms with Crippen molar-refractivity contribution in [3.63, 3.8) is 0 Å². The van der Waals surface area contributed by atoms with Crippen molar-refractivity contribution < 1.29 is 23.5 Å². The van der Waals surface area contributed by atoms with Gasteiger partial charge in [0.05, 0.1) is 12.4 Å². The van der Waals surface area contributed by atoms with Crippen LogP contribution in [-0.4, -0.2) is 45.8 Å². The van der Waals surface area contributed by atoms with Gasteiger partial charge in [0.2, 0.25) is 5.91 Å². The largest absolute Gasteiger partial charge is 0.460 e. The smallest absolute Gasteiger partial charge is 0.408 e. The molecule has 1 atom stereocenters. The molecule has 1 unspecified atom stereocenters. The van der Waals surface area contributed by atoms with Gasteiger partial charge in [0.15, 0.2) is 5.82 Å². The molecule has 1 aromatic rings. The molecule has 0 aromatic carbocycles. The predicted octanol–water partition coefficient (Wildman–Crippen LogP) is 2.34. The van der Waals surface area contributed by atoms with Crippen molar-refractivity contribution in [2.75, 3.05) is 0 Å². The van der Waals surface area contributed by atoms with E-state index in [1.54, 1.807) is 27.7 Å². The molecule has 2 N–H and O–H groups in total. The van der Waals surface area contributed by atoms with Crippen molar-refractivity contribution in [2.45, 2.75) is 77.2 Å². The quantitative estimate of drug-likeness (QED) is 0.810. The first kappa shape index (κ1) is 20.9. The summed E-state index contributed by atoms with van der Waals surface area (Å²) in [6.07, 6.45) is 4.34. The summed E-state index contributed by atoms with van der Waals surface area (Å²) in [6.45, 7) is 6.89. The Morgan fingerprint density at radius 1 is 1.19 bits per heavy atom. The highest BCUT2D eigenvalue weighted by Crippen LogP contribution is 2.22. The van der Waals surface area contributed by atoms with Gasteiger partial charge in [0.1, 0.15) is 17.7 Å². The molecule has 27 heavy (non-hydrogen) atoms. The Bertz CT molecular complexity index is 640. The van der Waals surface area contributed by atoms with Gasteiger partial charge in [-0.05, 0) is 53.4 Å². The summed E-state index contributed by atoms with van der Waals surface area (Å²) in [4.78, 5) is 31.6. The molecule has 1 aliphatic rings. The molecule has 9 heteroatoms. The Kier molecular flexibility index (Phi) is 6.92. The lowest BCUT2D eigenvalue weighted by Gasteiger charge is -2.29. The van der Waals surface area contributed by atoms with Crippen molar-refractivity contribution in [1.82, 2.24) is 20.6 Å². The van der Waals surface area contributed by atoms with Crippen molar-refractivity contribution in [3.8, 4) is 6.01 Å². The number of aromatic nitrogens is 2. The molecule has 1 aliphatic carbocycles. The number of alkyl carbamates (subject to hydrolysis) is 1. The Morgan fingerprint density at radius 3 is 2.33 bits per heavy atom. The van der Waals surface area contributed by atoms with Crippen LogP contribution in [-0.2, 0) is 9.53 Å². The second kappa shape index (κ2) is 8.96. The number of ether oxygens (including phenoxy) is 2. The molecule has 1 aromatic heterocycles. The summed E-state index contributed by atoms with van der Waals surface area (Å²) in [5.74, 6) is -0.769. The second-order valence-corrected chi connectivity index (χ2v) is 7.65.